The number of nitrogens with zero attached hydrogens (tertiary/aromatic N) is 3. The van der Waals surface area contributed by atoms with Crippen molar-refractivity contribution in [2.24, 2.45) is 10.2 Å². The van der Waals surface area contributed by atoms with E-state index in [1.165, 1.54) is 0 Å². The van der Waals surface area contributed by atoms with E-state index in [2.05, 4.69) is 16.9 Å². The van der Waals surface area contributed by atoms with Crippen LogP contribution in [0.4, 0.5) is 0 Å². The van der Waals surface area contributed by atoms with Crippen LogP contribution in [0.1, 0.15) is 6.92 Å². The van der Waals surface area contributed by atoms with Gasteiger partial charge in [0.15, 0.2) is 0 Å². The SMILES string of the molecule is C=NN=C(C)N(C)C. The zero-order valence-corrected chi connectivity index (χ0v) is 5.55. The van der Waals surface area contributed by atoms with E-state index in [-0.39, 0.29) is 0 Å². The Bertz CT molecular complexity index is 104. The minimum absolute atomic E-state index is 0.861. The van der Waals surface area contributed by atoms with Crippen LogP contribution in [0.3, 0.4) is 0 Å². The molecule has 0 saturated heterocycles. The molecule has 3 nitrogen and oxygen atoms in total. The second-order valence-corrected chi connectivity index (χ2v) is 1.68. The van der Waals surface area contributed by atoms with Crippen molar-refractivity contribution in [2.75, 3.05) is 14.1 Å². The normalized spacial score (nSPS) is 11.1. The maximum Gasteiger partial charge on any atom is 0.123 e. The van der Waals surface area contributed by atoms with Crippen molar-refractivity contribution >= 4 is 12.6 Å². The minimum atomic E-state index is 0.861. The topological polar surface area (TPSA) is 28.0 Å². The summed E-state index contributed by atoms with van der Waals surface area (Å²) in [6, 6.07) is 0. The van der Waals surface area contributed by atoms with Gasteiger partial charge < -0.3 is 4.90 Å². The molecule has 0 saturated carbocycles. The van der Waals surface area contributed by atoms with E-state index < -0.39 is 0 Å². The van der Waals surface area contributed by atoms with Gasteiger partial charge in [-0.2, -0.15) is 5.10 Å². The fourth-order valence-corrected chi connectivity index (χ4v) is 0.192. The lowest BCUT2D eigenvalue weighted by Crippen LogP contribution is -2.17. The van der Waals surface area contributed by atoms with Crippen LogP contribution in [-0.2, 0) is 0 Å². The third kappa shape index (κ3) is 2.34. The van der Waals surface area contributed by atoms with Crippen LogP contribution in [0.25, 0.3) is 0 Å². The molecule has 0 aliphatic carbocycles. The van der Waals surface area contributed by atoms with Gasteiger partial charge in [0.2, 0.25) is 0 Å². The third-order valence-corrected chi connectivity index (χ3v) is 0.863. The molecular formula is C5H11N3. The van der Waals surface area contributed by atoms with E-state index in [9.17, 15) is 0 Å². The molecule has 0 radical (unpaired) electrons. The van der Waals surface area contributed by atoms with E-state index in [1.807, 2.05) is 25.9 Å². The molecule has 0 unspecified atom stereocenters. The second kappa shape index (κ2) is 3.18. The Balaban J connectivity index is 3.78. The summed E-state index contributed by atoms with van der Waals surface area (Å²) >= 11 is 0. The summed E-state index contributed by atoms with van der Waals surface area (Å²) in [4.78, 5) is 1.87. The molecule has 3 heteroatoms. The lowest BCUT2D eigenvalue weighted by atomic mass is 10.6. The molecule has 0 aliphatic heterocycles. The van der Waals surface area contributed by atoms with Crippen molar-refractivity contribution in [3.63, 3.8) is 0 Å². The predicted octanol–water partition coefficient (Wildman–Crippen LogP) is 0.582. The van der Waals surface area contributed by atoms with Crippen molar-refractivity contribution in [2.45, 2.75) is 6.92 Å². The molecule has 0 fully saturated rings. The van der Waals surface area contributed by atoms with Crippen molar-refractivity contribution in [1.29, 1.82) is 0 Å². The third-order valence-electron chi connectivity index (χ3n) is 0.863. The van der Waals surface area contributed by atoms with Gasteiger partial charge >= 0.3 is 0 Å². The Morgan fingerprint density at radius 2 is 2.00 bits per heavy atom. The number of hydrogen-bond donors (Lipinski definition) is 0. The van der Waals surface area contributed by atoms with Crippen molar-refractivity contribution in [1.82, 2.24) is 4.90 Å². The van der Waals surface area contributed by atoms with E-state index in [4.69, 9.17) is 0 Å². The van der Waals surface area contributed by atoms with E-state index in [0.717, 1.165) is 5.84 Å². The Labute approximate surface area is 49.7 Å². The smallest absolute Gasteiger partial charge is 0.123 e. The Kier molecular flexibility index (Phi) is 2.84. The number of rotatable bonds is 1. The summed E-state index contributed by atoms with van der Waals surface area (Å²) in [5.74, 6) is 0.861. The van der Waals surface area contributed by atoms with Gasteiger partial charge in [-0.25, -0.2) is 0 Å². The second-order valence-electron chi connectivity index (χ2n) is 1.68. The van der Waals surface area contributed by atoms with Gasteiger partial charge in [0.1, 0.15) is 5.84 Å². The molecule has 0 aromatic rings. The summed E-state index contributed by atoms with van der Waals surface area (Å²) in [6.07, 6.45) is 0. The molecule has 0 spiro atoms. The van der Waals surface area contributed by atoms with Crippen LogP contribution in [0.5, 0.6) is 0 Å². The fourth-order valence-electron chi connectivity index (χ4n) is 0.192. The average Bonchev–Trinajstić information content (AvgIpc) is 1.67. The van der Waals surface area contributed by atoms with E-state index in [1.54, 1.807) is 0 Å². The first-order valence-electron chi connectivity index (χ1n) is 2.36. The van der Waals surface area contributed by atoms with Crippen molar-refractivity contribution in [3.05, 3.63) is 0 Å². The highest BCUT2D eigenvalue weighted by Crippen LogP contribution is 1.80. The van der Waals surface area contributed by atoms with Gasteiger partial charge in [-0.3, -0.25) is 0 Å². The highest BCUT2D eigenvalue weighted by Gasteiger charge is 1.87. The molecular weight excluding hydrogens is 102 g/mol. The fraction of sp³-hybridized carbons (Fsp3) is 0.600. The maximum atomic E-state index is 3.68. The Hall–Kier alpha value is -0.860. The summed E-state index contributed by atoms with van der Waals surface area (Å²) in [7, 11) is 3.81. The quantitative estimate of drug-likeness (QED) is 0.278. The van der Waals surface area contributed by atoms with Gasteiger partial charge in [0, 0.05) is 20.8 Å². The number of amidine groups is 1. The maximum absolute atomic E-state index is 3.68. The molecule has 0 heterocycles. The molecule has 0 amide bonds. The largest absolute Gasteiger partial charge is 0.365 e. The molecule has 0 aromatic heterocycles. The lowest BCUT2D eigenvalue weighted by molar-refractivity contribution is 0.615. The minimum Gasteiger partial charge on any atom is -0.365 e. The predicted molar refractivity (Wildman–Crippen MR) is 36.3 cm³/mol. The van der Waals surface area contributed by atoms with Gasteiger partial charge in [0.25, 0.3) is 0 Å². The molecule has 8 heavy (non-hydrogen) atoms. The zero-order chi connectivity index (χ0) is 6.57. The van der Waals surface area contributed by atoms with Gasteiger partial charge in [-0.15, -0.1) is 5.10 Å². The lowest BCUT2D eigenvalue weighted by Gasteiger charge is -2.07. The first-order chi connectivity index (χ1) is 3.68. The molecule has 0 rings (SSSR count). The molecule has 0 aliphatic rings. The summed E-state index contributed by atoms with van der Waals surface area (Å²) in [6.45, 7) is 5.09. The van der Waals surface area contributed by atoms with Crippen LogP contribution in [0.15, 0.2) is 10.2 Å². The monoisotopic (exact) mass is 113 g/mol. The van der Waals surface area contributed by atoms with Gasteiger partial charge in [-0.1, -0.05) is 0 Å². The summed E-state index contributed by atoms with van der Waals surface area (Å²) in [5.41, 5.74) is 0. The van der Waals surface area contributed by atoms with E-state index in [0.29, 0.717) is 0 Å². The van der Waals surface area contributed by atoms with Crippen LogP contribution < -0.4 is 0 Å². The average molecular weight is 113 g/mol. The molecule has 0 aromatic carbocycles. The van der Waals surface area contributed by atoms with Gasteiger partial charge in [0.05, 0.1) is 0 Å². The number of hydrogen-bond acceptors (Lipinski definition) is 2. The highest BCUT2D eigenvalue weighted by atomic mass is 15.3. The molecule has 0 N–H and O–H groups in total. The summed E-state index contributed by atoms with van der Waals surface area (Å²) < 4.78 is 0. The molecule has 0 bridgehead atoms. The molecule has 46 valence electrons. The first-order valence-corrected chi connectivity index (χ1v) is 2.36. The summed E-state index contributed by atoms with van der Waals surface area (Å²) in [5, 5.41) is 7.03. The first kappa shape index (κ1) is 7.14. The Morgan fingerprint density at radius 3 is 2.12 bits per heavy atom. The zero-order valence-electron chi connectivity index (χ0n) is 5.55. The van der Waals surface area contributed by atoms with Crippen molar-refractivity contribution < 1.29 is 0 Å². The van der Waals surface area contributed by atoms with Crippen LogP contribution in [0, 0.1) is 0 Å². The molecule has 0 atom stereocenters. The van der Waals surface area contributed by atoms with Crippen molar-refractivity contribution in [3.8, 4) is 0 Å². The van der Waals surface area contributed by atoms with Crippen LogP contribution in [-0.4, -0.2) is 31.5 Å². The van der Waals surface area contributed by atoms with Crippen LogP contribution in [0.2, 0.25) is 0 Å². The Morgan fingerprint density at radius 1 is 1.50 bits per heavy atom. The van der Waals surface area contributed by atoms with E-state index >= 15 is 0 Å². The highest BCUT2D eigenvalue weighted by molar-refractivity contribution is 5.79. The van der Waals surface area contributed by atoms with Gasteiger partial charge in [-0.05, 0) is 6.92 Å². The van der Waals surface area contributed by atoms with Crippen LogP contribution >= 0.6 is 0 Å². The standard InChI is InChI=1S/C5H11N3/c1-5(7-6-2)8(3)4/h2H2,1,3-4H3.